The second-order valence-electron chi connectivity index (χ2n) is 6.41. The molecule has 0 aliphatic rings. The number of hydrogen-bond donors (Lipinski definition) is 1. The van der Waals surface area contributed by atoms with Crippen molar-refractivity contribution in [3.05, 3.63) is 21.9 Å². The highest BCUT2D eigenvalue weighted by Gasteiger charge is 2.22. The highest BCUT2D eigenvalue weighted by molar-refractivity contribution is 14.1. The van der Waals surface area contributed by atoms with Crippen molar-refractivity contribution in [3.8, 4) is 5.88 Å². The van der Waals surface area contributed by atoms with Gasteiger partial charge in [-0.05, 0) is 55.8 Å². The Morgan fingerprint density at radius 2 is 2.00 bits per heavy atom. The molecule has 7 nitrogen and oxygen atoms in total. The third-order valence-corrected chi connectivity index (χ3v) is 3.71. The maximum Gasteiger partial charge on any atom is 0.410 e. The Morgan fingerprint density at radius 1 is 1.28 bits per heavy atom. The normalized spacial score (nSPS) is 10.9. The van der Waals surface area contributed by atoms with E-state index in [1.54, 1.807) is 24.2 Å². The van der Waals surface area contributed by atoms with Crippen molar-refractivity contribution in [2.24, 2.45) is 0 Å². The van der Waals surface area contributed by atoms with Crippen LogP contribution in [0.5, 0.6) is 5.88 Å². The van der Waals surface area contributed by atoms with Crippen LogP contribution >= 0.6 is 22.6 Å². The SMILES string of the molecule is CNC(=O)CCCN(CCOc1ccc(I)cn1)C(=O)OC(C)(C)C. The van der Waals surface area contributed by atoms with Gasteiger partial charge in [0.15, 0.2) is 0 Å². The van der Waals surface area contributed by atoms with E-state index >= 15 is 0 Å². The van der Waals surface area contributed by atoms with Crippen LogP contribution < -0.4 is 10.1 Å². The minimum Gasteiger partial charge on any atom is -0.476 e. The standard InChI is InChI=1S/C17H26IN3O4/c1-17(2,3)25-16(23)21(9-5-6-14(22)19-4)10-11-24-15-8-7-13(18)12-20-15/h7-8,12H,5-6,9-11H2,1-4H3,(H,19,22). The van der Waals surface area contributed by atoms with E-state index in [1.165, 1.54) is 0 Å². The average molecular weight is 463 g/mol. The first-order valence-electron chi connectivity index (χ1n) is 8.14. The van der Waals surface area contributed by atoms with Gasteiger partial charge in [-0.3, -0.25) is 4.79 Å². The summed E-state index contributed by atoms with van der Waals surface area (Å²) >= 11 is 2.17. The van der Waals surface area contributed by atoms with Crippen molar-refractivity contribution < 1.29 is 19.1 Å². The van der Waals surface area contributed by atoms with Gasteiger partial charge in [0.1, 0.15) is 12.2 Å². The lowest BCUT2D eigenvalue weighted by atomic mass is 10.2. The maximum atomic E-state index is 12.3. The van der Waals surface area contributed by atoms with Crippen LogP contribution in [0.4, 0.5) is 4.79 Å². The zero-order valence-electron chi connectivity index (χ0n) is 15.2. The number of pyridine rings is 1. The molecule has 140 valence electrons. The zero-order chi connectivity index (χ0) is 18.9. The van der Waals surface area contributed by atoms with E-state index in [2.05, 4.69) is 32.9 Å². The summed E-state index contributed by atoms with van der Waals surface area (Å²) in [6.45, 7) is 6.54. The average Bonchev–Trinajstić information content (AvgIpc) is 2.53. The molecule has 1 aromatic rings. The molecule has 0 bridgehead atoms. The molecule has 25 heavy (non-hydrogen) atoms. The van der Waals surface area contributed by atoms with E-state index in [4.69, 9.17) is 9.47 Å². The molecular weight excluding hydrogens is 437 g/mol. The number of amides is 2. The predicted molar refractivity (Wildman–Crippen MR) is 104 cm³/mol. The number of aromatic nitrogens is 1. The first-order chi connectivity index (χ1) is 11.7. The molecule has 0 aliphatic carbocycles. The Hall–Kier alpha value is -1.58. The first-order valence-corrected chi connectivity index (χ1v) is 9.22. The minimum absolute atomic E-state index is 0.0523. The molecule has 0 aliphatic heterocycles. The van der Waals surface area contributed by atoms with E-state index in [-0.39, 0.29) is 5.91 Å². The van der Waals surface area contributed by atoms with Gasteiger partial charge < -0.3 is 19.7 Å². The fourth-order valence-corrected chi connectivity index (χ4v) is 2.20. The molecule has 0 unspecified atom stereocenters. The summed E-state index contributed by atoms with van der Waals surface area (Å²) in [5, 5.41) is 2.57. The monoisotopic (exact) mass is 463 g/mol. The highest BCUT2D eigenvalue weighted by Crippen LogP contribution is 2.12. The summed E-state index contributed by atoms with van der Waals surface area (Å²) in [6, 6.07) is 3.68. The molecular formula is C17H26IN3O4. The predicted octanol–water partition coefficient (Wildman–Crippen LogP) is 2.83. The minimum atomic E-state index is -0.575. The summed E-state index contributed by atoms with van der Waals surface area (Å²) in [7, 11) is 1.59. The molecule has 1 heterocycles. The number of rotatable bonds is 8. The fourth-order valence-electron chi connectivity index (χ4n) is 1.88. The van der Waals surface area contributed by atoms with Gasteiger partial charge in [0.05, 0.1) is 6.54 Å². The van der Waals surface area contributed by atoms with Crippen molar-refractivity contribution in [2.45, 2.75) is 39.2 Å². The first kappa shape index (κ1) is 21.5. The number of nitrogens with one attached hydrogen (secondary N) is 1. The lowest BCUT2D eigenvalue weighted by molar-refractivity contribution is -0.120. The Kier molecular flexibility index (Phi) is 8.95. The summed E-state index contributed by atoms with van der Waals surface area (Å²) in [5.74, 6) is 0.457. The van der Waals surface area contributed by atoms with Crippen molar-refractivity contribution >= 4 is 34.6 Å². The topological polar surface area (TPSA) is 80.8 Å². The number of hydrogen-bond acceptors (Lipinski definition) is 5. The molecule has 0 radical (unpaired) electrons. The van der Waals surface area contributed by atoms with Crippen LogP contribution in [0.1, 0.15) is 33.6 Å². The lowest BCUT2D eigenvalue weighted by Crippen LogP contribution is -2.40. The van der Waals surface area contributed by atoms with Crippen LogP contribution in [0.25, 0.3) is 0 Å². The quantitative estimate of drug-likeness (QED) is 0.600. The van der Waals surface area contributed by atoms with Crippen LogP contribution in [0, 0.1) is 3.57 Å². The largest absolute Gasteiger partial charge is 0.476 e. The van der Waals surface area contributed by atoms with E-state index in [9.17, 15) is 9.59 Å². The van der Waals surface area contributed by atoms with Crippen LogP contribution in [0.3, 0.4) is 0 Å². The molecule has 0 fully saturated rings. The smallest absolute Gasteiger partial charge is 0.410 e. The molecule has 2 amide bonds. The number of halogens is 1. The fraction of sp³-hybridized carbons (Fsp3) is 0.588. The Bertz CT molecular complexity index is 558. The summed E-state index contributed by atoms with van der Waals surface area (Å²) in [4.78, 5) is 29.4. The summed E-state index contributed by atoms with van der Waals surface area (Å²) in [5.41, 5.74) is -0.575. The Morgan fingerprint density at radius 3 is 2.56 bits per heavy atom. The van der Waals surface area contributed by atoms with E-state index in [0.29, 0.717) is 38.4 Å². The van der Waals surface area contributed by atoms with Gasteiger partial charge in [0, 0.05) is 35.8 Å². The Labute approximate surface area is 162 Å². The molecule has 1 N–H and O–H groups in total. The van der Waals surface area contributed by atoms with Crippen LogP contribution in [-0.4, -0.2) is 54.2 Å². The van der Waals surface area contributed by atoms with Crippen molar-refractivity contribution in [1.29, 1.82) is 0 Å². The molecule has 0 saturated carbocycles. The number of ether oxygens (including phenoxy) is 2. The van der Waals surface area contributed by atoms with Crippen LogP contribution in [0.2, 0.25) is 0 Å². The Balaban J connectivity index is 2.55. The van der Waals surface area contributed by atoms with Gasteiger partial charge in [-0.25, -0.2) is 9.78 Å². The molecule has 0 saturated heterocycles. The molecule has 8 heteroatoms. The van der Waals surface area contributed by atoms with Crippen molar-refractivity contribution in [3.63, 3.8) is 0 Å². The van der Waals surface area contributed by atoms with Gasteiger partial charge in [-0.15, -0.1) is 0 Å². The highest BCUT2D eigenvalue weighted by atomic mass is 127. The van der Waals surface area contributed by atoms with E-state index in [1.807, 2.05) is 26.8 Å². The third kappa shape index (κ3) is 9.47. The van der Waals surface area contributed by atoms with Gasteiger partial charge in [0.2, 0.25) is 11.8 Å². The van der Waals surface area contributed by atoms with E-state index < -0.39 is 11.7 Å². The molecule has 1 aromatic heterocycles. The van der Waals surface area contributed by atoms with Crippen LogP contribution in [0.15, 0.2) is 18.3 Å². The number of carbonyl (C=O) groups is 2. The van der Waals surface area contributed by atoms with Crippen LogP contribution in [-0.2, 0) is 9.53 Å². The number of carbonyl (C=O) groups excluding carboxylic acids is 2. The summed E-state index contributed by atoms with van der Waals surface area (Å²) in [6.07, 6.45) is 2.21. The van der Waals surface area contributed by atoms with E-state index in [0.717, 1.165) is 3.57 Å². The number of nitrogens with zero attached hydrogens (tertiary/aromatic N) is 2. The second kappa shape index (κ2) is 10.4. The lowest BCUT2D eigenvalue weighted by Gasteiger charge is -2.27. The van der Waals surface area contributed by atoms with Gasteiger partial charge in [0.25, 0.3) is 0 Å². The maximum absolute atomic E-state index is 12.3. The molecule has 0 atom stereocenters. The molecule has 0 spiro atoms. The van der Waals surface area contributed by atoms with Gasteiger partial charge in [-0.2, -0.15) is 0 Å². The molecule has 0 aromatic carbocycles. The van der Waals surface area contributed by atoms with Crippen molar-refractivity contribution in [1.82, 2.24) is 15.2 Å². The summed E-state index contributed by atoms with van der Waals surface area (Å²) < 4.78 is 12.0. The zero-order valence-corrected chi connectivity index (χ0v) is 17.3. The molecule has 1 rings (SSSR count). The van der Waals surface area contributed by atoms with Gasteiger partial charge in [-0.1, -0.05) is 0 Å². The third-order valence-electron chi connectivity index (χ3n) is 3.07. The van der Waals surface area contributed by atoms with Crippen molar-refractivity contribution in [2.75, 3.05) is 26.7 Å². The van der Waals surface area contributed by atoms with Gasteiger partial charge >= 0.3 is 6.09 Å². The second-order valence-corrected chi connectivity index (χ2v) is 7.65.